The molecule has 7 atom stereocenters. The summed E-state index contributed by atoms with van der Waals surface area (Å²) in [6.07, 6.45) is 1.34. The molecule has 494 valence electrons. The van der Waals surface area contributed by atoms with Crippen molar-refractivity contribution in [1.82, 2.24) is 35.1 Å². The lowest BCUT2D eigenvalue weighted by molar-refractivity contribution is -0.109. The summed E-state index contributed by atoms with van der Waals surface area (Å²) in [5.41, 5.74) is 2.44. The first-order valence-electron chi connectivity index (χ1n) is 30.4. The molecule has 0 saturated carbocycles. The second-order valence-electron chi connectivity index (χ2n) is 24.3. The average Bonchev–Trinajstić information content (AvgIpc) is 1.72. The van der Waals surface area contributed by atoms with Crippen LogP contribution in [0.5, 0.6) is 23.5 Å². The molecule has 0 spiro atoms. The van der Waals surface area contributed by atoms with Crippen LogP contribution in [0.3, 0.4) is 0 Å². The Morgan fingerprint density at radius 1 is 0.811 bits per heavy atom. The number of anilines is 4. The minimum Gasteiger partial charge on any atom is -0.489 e. The third-order valence-electron chi connectivity index (χ3n) is 19.1. The monoisotopic (exact) mass is 1390 g/mol. The summed E-state index contributed by atoms with van der Waals surface area (Å²) >= 11 is 16.0. The van der Waals surface area contributed by atoms with Crippen molar-refractivity contribution in [1.29, 1.82) is 10.5 Å². The maximum Gasteiger partial charge on any atom is 0.319 e. The third-order valence-corrected chi connectivity index (χ3v) is 21.9. The van der Waals surface area contributed by atoms with E-state index in [0.717, 1.165) is 41.2 Å². The number of aromatic nitrogens is 4. The van der Waals surface area contributed by atoms with Gasteiger partial charge in [0.25, 0.3) is 0 Å². The van der Waals surface area contributed by atoms with E-state index in [2.05, 4.69) is 37.6 Å². The fourth-order valence-corrected chi connectivity index (χ4v) is 17.5. The topological polar surface area (TPSA) is 225 Å². The number of hydrogen-bond acceptors (Lipinski definition) is 20. The Morgan fingerprint density at radius 3 is 2.03 bits per heavy atom. The van der Waals surface area contributed by atoms with Crippen molar-refractivity contribution < 1.29 is 63.6 Å². The fourth-order valence-electron chi connectivity index (χ4n) is 14.8. The molecular weight excluding hydrogens is 1330 g/mol. The summed E-state index contributed by atoms with van der Waals surface area (Å²) in [5, 5.41) is 26.3. The number of halogens is 10. The molecule has 1 amide bonds. The second-order valence-corrected chi connectivity index (χ2v) is 27.1. The minimum atomic E-state index is -2.81. The Balaban J connectivity index is 0.830. The van der Waals surface area contributed by atoms with E-state index in [-0.39, 0.29) is 191 Å². The average molecular weight is 1390 g/mol. The van der Waals surface area contributed by atoms with Gasteiger partial charge in [-0.3, -0.25) is 14.6 Å². The normalized spacial score (nSPS) is 23.1. The van der Waals surface area contributed by atoms with Crippen LogP contribution in [0, 0.1) is 58.3 Å². The van der Waals surface area contributed by atoms with Gasteiger partial charge in [0.15, 0.2) is 23.1 Å². The highest BCUT2D eigenvalue weighted by molar-refractivity contribution is 7.23. The van der Waals surface area contributed by atoms with Crippen molar-refractivity contribution in [2.75, 3.05) is 100 Å². The molecule has 0 bridgehead atoms. The van der Waals surface area contributed by atoms with Crippen LogP contribution < -0.4 is 45.1 Å². The number of ether oxygens (including phenoxy) is 5. The largest absolute Gasteiger partial charge is 0.489 e. The number of alkyl halides is 4. The Labute approximate surface area is 554 Å². The van der Waals surface area contributed by atoms with Crippen molar-refractivity contribution in [2.45, 2.75) is 93.0 Å². The number of nitrogen functional groups attached to an aromatic ring is 1. The van der Waals surface area contributed by atoms with E-state index in [1.807, 2.05) is 11.0 Å². The van der Waals surface area contributed by atoms with Crippen molar-refractivity contribution in [2.24, 2.45) is 0 Å². The van der Waals surface area contributed by atoms with Gasteiger partial charge >= 0.3 is 12.0 Å². The molecule has 31 heteroatoms. The number of carbonyl (C=O) groups is 1. The van der Waals surface area contributed by atoms with Gasteiger partial charge in [-0.05, 0) is 55.5 Å². The van der Waals surface area contributed by atoms with Gasteiger partial charge in [-0.2, -0.15) is 30.5 Å². The van der Waals surface area contributed by atoms with Gasteiger partial charge in [0, 0.05) is 81.0 Å². The van der Waals surface area contributed by atoms with Crippen molar-refractivity contribution >= 4 is 116 Å². The molecular formula is C64H55Cl2F8N13O6S2. The molecule has 4 aromatic carbocycles. The quantitative estimate of drug-likeness (QED) is 0.0389. The first-order valence-corrected chi connectivity index (χ1v) is 32.8. The number of terminal acetylenes is 1. The molecule has 0 radical (unpaired) electrons. The Bertz CT molecular complexity index is 4610. The number of methoxy groups -OCH3 is 1. The summed E-state index contributed by atoms with van der Waals surface area (Å²) in [5.74, 6) is -1.45. The highest BCUT2D eigenvalue weighted by atomic mass is 35.5. The van der Waals surface area contributed by atoms with E-state index < -0.39 is 95.9 Å². The molecule has 8 aromatic rings. The summed E-state index contributed by atoms with van der Waals surface area (Å²) in [7, 11) is 1.50. The lowest BCUT2D eigenvalue weighted by Crippen LogP contribution is -2.49. The first kappa shape index (κ1) is 64.1. The van der Waals surface area contributed by atoms with Crippen LogP contribution in [-0.4, -0.2) is 164 Å². The molecule has 1 unspecified atom stereocenters. The van der Waals surface area contributed by atoms with Crippen LogP contribution in [0.1, 0.15) is 56.1 Å². The van der Waals surface area contributed by atoms with Crippen LogP contribution in [-0.2, 0) is 9.53 Å². The van der Waals surface area contributed by atoms with Gasteiger partial charge in [-0.15, -0.1) is 29.1 Å². The number of nitrogens with one attached hydrogen (secondary N) is 2. The minimum absolute atomic E-state index is 0.0159. The summed E-state index contributed by atoms with van der Waals surface area (Å²) in [6, 6.07) is 6.28. The number of nitrogens with zero attached hydrogens (tertiary/aromatic N) is 10. The highest BCUT2D eigenvalue weighted by Crippen LogP contribution is 2.55. The van der Waals surface area contributed by atoms with Crippen LogP contribution >= 0.6 is 45.9 Å². The lowest BCUT2D eigenvalue weighted by Gasteiger charge is -2.34. The number of nitriles is 2. The maximum absolute atomic E-state index is 18.3. The SMILES string of the molecule is C#C[C@H]1COc2c(Cl)c(-c3ccc(F)c4sc(N)c(C#N)c34)c(F)c3nc(OC[C@@]45CCCN4C(Nc4sc6c(F)ccc(-c7c(Cl)c8c9c(nc(OC[C@@]%10%11CCCN%10C[C@H](F)C%11)nc9c7F)N(CCOC)[C@@H](CNC=O)CO8)c6c4C#N)[C@H](F)C5)nc(c23)N1CCC(F)F. The van der Waals surface area contributed by atoms with Crippen molar-refractivity contribution in [3.05, 3.63) is 68.7 Å². The Morgan fingerprint density at radius 2 is 1.41 bits per heavy atom. The molecule has 4 saturated heterocycles. The number of fused-ring (bicyclic) bond motifs is 4. The molecule has 6 aliphatic heterocycles. The molecule has 10 heterocycles. The van der Waals surface area contributed by atoms with Crippen molar-refractivity contribution in [3.63, 3.8) is 0 Å². The van der Waals surface area contributed by atoms with Crippen LogP contribution in [0.4, 0.5) is 56.8 Å². The number of rotatable bonds is 19. The molecule has 4 N–H and O–H groups in total. The summed E-state index contributed by atoms with van der Waals surface area (Å²) < 4.78 is 159. The Hall–Kier alpha value is -8.21. The lowest BCUT2D eigenvalue weighted by atomic mass is 9.95. The Kier molecular flexibility index (Phi) is 16.9. The van der Waals surface area contributed by atoms with Gasteiger partial charge in [0.1, 0.15) is 107 Å². The van der Waals surface area contributed by atoms with Gasteiger partial charge in [-0.1, -0.05) is 41.3 Å². The van der Waals surface area contributed by atoms with E-state index in [1.165, 1.54) is 24.1 Å². The summed E-state index contributed by atoms with van der Waals surface area (Å²) in [6.45, 7) is 0.276. The molecule has 4 aromatic heterocycles. The summed E-state index contributed by atoms with van der Waals surface area (Å²) in [4.78, 5) is 37.3. The van der Waals surface area contributed by atoms with E-state index in [0.29, 0.717) is 32.2 Å². The number of nitrogens with two attached hydrogens (primary N) is 1. The highest BCUT2D eigenvalue weighted by Gasteiger charge is 2.56. The number of benzene rings is 4. The smallest absolute Gasteiger partial charge is 0.319 e. The predicted octanol–water partition coefficient (Wildman–Crippen LogP) is 11.7. The zero-order valence-electron chi connectivity index (χ0n) is 50.3. The number of amides is 1. The molecule has 6 aliphatic rings. The predicted molar refractivity (Wildman–Crippen MR) is 343 cm³/mol. The van der Waals surface area contributed by atoms with Crippen molar-refractivity contribution in [3.8, 4) is 70.3 Å². The second kappa shape index (κ2) is 25.1. The first-order chi connectivity index (χ1) is 45.9. The van der Waals surface area contributed by atoms with Crippen LogP contribution in [0.15, 0.2) is 24.3 Å². The molecule has 19 nitrogen and oxygen atoms in total. The van der Waals surface area contributed by atoms with Gasteiger partial charge in [-0.25, -0.2) is 35.1 Å². The van der Waals surface area contributed by atoms with Gasteiger partial charge in [0.2, 0.25) is 12.8 Å². The van der Waals surface area contributed by atoms with Crippen LogP contribution in [0.25, 0.3) is 64.2 Å². The number of carbonyl (C=O) groups excluding carboxylic acids is 1. The number of thiophene rings is 2. The van der Waals surface area contributed by atoms with E-state index >= 15 is 22.0 Å². The van der Waals surface area contributed by atoms with Gasteiger partial charge < -0.3 is 49.9 Å². The number of hydrogen-bond donors (Lipinski definition) is 3. The molecule has 0 aliphatic carbocycles. The van der Waals surface area contributed by atoms with E-state index in [9.17, 15) is 28.5 Å². The zero-order chi connectivity index (χ0) is 66.5. The third kappa shape index (κ3) is 10.6. The zero-order valence-corrected chi connectivity index (χ0v) is 53.4. The standard InChI is InChI=1S/C64H55Cl2F8N13O6S2/c1-3-30-24-90-52-44-50(48(73)42(46(52)65)32-6-8-36(68)54-40(32)34(20-75)56(77)94-54)80-62(82-58(44)85(30)15-10-39(71)72)93-27-64-12-5-14-87(64)57(38(70)19-64)81-60-35(21-76)41-33(7-9-37(69)55(41)95-60)43-47(66)53-45-51(49(43)74)79-61(92-26-63-11-4-13-84(63)23-29(67)18-63)83-59(45)86(16-17-89-2)31(25-91-53)22-78-28-88/h1,6-9,28-31,38-39,57,81H,4-5,10-19,22-27,77H2,2H3,(H,78,88)/t29-,30+,31+,38-,57?,63+,64+/m1/s1. The van der Waals surface area contributed by atoms with Gasteiger partial charge in [0.05, 0.1) is 65.1 Å². The van der Waals surface area contributed by atoms with E-state index in [4.69, 9.17) is 64.0 Å². The van der Waals surface area contributed by atoms with Crippen LogP contribution in [0.2, 0.25) is 10.0 Å². The maximum atomic E-state index is 18.3. The molecule has 14 rings (SSSR count). The molecule has 95 heavy (non-hydrogen) atoms. The fraction of sp³-hybridized carbons (Fsp3) is 0.422. The molecule has 4 fully saturated rings. The van der Waals surface area contributed by atoms with E-state index in [1.54, 1.807) is 9.80 Å².